The molecule has 19 heavy (non-hydrogen) atoms. The molecule has 2 aromatic rings. The van der Waals surface area contributed by atoms with Crippen molar-refractivity contribution >= 4 is 0 Å². The van der Waals surface area contributed by atoms with Gasteiger partial charge in [-0.25, -0.2) is 9.37 Å². The van der Waals surface area contributed by atoms with Gasteiger partial charge in [0.2, 0.25) is 0 Å². The SMILES string of the molecule is CCC(N)(CC)Cn1cncc1-c1ccc(F)cc1. The summed E-state index contributed by atoms with van der Waals surface area (Å²) < 4.78 is 15.0. The van der Waals surface area contributed by atoms with Crippen LogP contribution in [-0.2, 0) is 6.54 Å². The van der Waals surface area contributed by atoms with Crippen molar-refractivity contribution in [2.45, 2.75) is 38.8 Å². The lowest BCUT2D eigenvalue weighted by Crippen LogP contribution is -2.42. The Labute approximate surface area is 113 Å². The summed E-state index contributed by atoms with van der Waals surface area (Å²) in [5.74, 6) is -0.231. The maximum Gasteiger partial charge on any atom is 0.123 e. The minimum absolute atomic E-state index is 0.227. The van der Waals surface area contributed by atoms with E-state index in [1.165, 1.54) is 12.1 Å². The normalized spacial score (nSPS) is 11.8. The van der Waals surface area contributed by atoms with E-state index in [9.17, 15) is 4.39 Å². The van der Waals surface area contributed by atoms with Crippen LogP contribution in [0.15, 0.2) is 36.8 Å². The molecule has 3 nitrogen and oxygen atoms in total. The Hall–Kier alpha value is -1.68. The van der Waals surface area contributed by atoms with Crippen LogP contribution in [0.25, 0.3) is 11.3 Å². The number of halogens is 1. The summed E-state index contributed by atoms with van der Waals surface area (Å²) in [4.78, 5) is 4.19. The first kappa shape index (κ1) is 13.7. The largest absolute Gasteiger partial charge is 0.329 e. The maximum atomic E-state index is 13.0. The molecule has 1 aromatic heterocycles. The maximum absolute atomic E-state index is 13.0. The molecule has 0 saturated carbocycles. The van der Waals surface area contributed by atoms with E-state index in [0.717, 1.165) is 24.1 Å². The highest BCUT2D eigenvalue weighted by Gasteiger charge is 2.22. The molecule has 1 heterocycles. The lowest BCUT2D eigenvalue weighted by atomic mass is 9.94. The zero-order chi connectivity index (χ0) is 13.9. The third-order valence-electron chi connectivity index (χ3n) is 3.75. The Morgan fingerprint density at radius 3 is 2.42 bits per heavy atom. The van der Waals surface area contributed by atoms with Crippen LogP contribution in [0.3, 0.4) is 0 Å². The highest BCUT2D eigenvalue weighted by Crippen LogP contribution is 2.22. The van der Waals surface area contributed by atoms with Gasteiger partial charge in [-0.3, -0.25) is 0 Å². The second-order valence-electron chi connectivity index (χ2n) is 4.98. The molecule has 0 spiro atoms. The van der Waals surface area contributed by atoms with Crippen LogP contribution >= 0.6 is 0 Å². The molecule has 0 aliphatic heterocycles. The molecule has 0 aliphatic rings. The van der Waals surface area contributed by atoms with Crippen LogP contribution in [0.2, 0.25) is 0 Å². The zero-order valence-electron chi connectivity index (χ0n) is 11.4. The highest BCUT2D eigenvalue weighted by atomic mass is 19.1. The highest BCUT2D eigenvalue weighted by molar-refractivity contribution is 5.58. The third kappa shape index (κ3) is 3.01. The summed E-state index contributed by atoms with van der Waals surface area (Å²) in [6.07, 6.45) is 5.39. The van der Waals surface area contributed by atoms with E-state index >= 15 is 0 Å². The van der Waals surface area contributed by atoms with Crippen LogP contribution in [0.5, 0.6) is 0 Å². The van der Waals surface area contributed by atoms with Crippen molar-refractivity contribution < 1.29 is 4.39 Å². The van der Waals surface area contributed by atoms with Crippen molar-refractivity contribution in [3.05, 3.63) is 42.6 Å². The number of benzene rings is 1. The third-order valence-corrected chi connectivity index (χ3v) is 3.75. The molecule has 0 bridgehead atoms. The predicted octanol–water partition coefficient (Wildman–Crippen LogP) is 3.21. The summed E-state index contributed by atoms with van der Waals surface area (Å²) in [5.41, 5.74) is 8.05. The second-order valence-corrected chi connectivity index (χ2v) is 4.98. The fourth-order valence-corrected chi connectivity index (χ4v) is 2.12. The van der Waals surface area contributed by atoms with Gasteiger partial charge in [-0.1, -0.05) is 13.8 Å². The average molecular weight is 261 g/mol. The standard InChI is InChI=1S/C15H20FN3/c1-3-15(17,4-2)10-19-11-18-9-14(19)12-5-7-13(16)8-6-12/h5-9,11H,3-4,10,17H2,1-2H3. The lowest BCUT2D eigenvalue weighted by Gasteiger charge is -2.27. The van der Waals surface area contributed by atoms with Gasteiger partial charge < -0.3 is 10.3 Å². The number of hydrogen-bond donors (Lipinski definition) is 1. The van der Waals surface area contributed by atoms with E-state index in [0.29, 0.717) is 6.54 Å². The van der Waals surface area contributed by atoms with Crippen LogP contribution in [0.1, 0.15) is 26.7 Å². The van der Waals surface area contributed by atoms with Crippen LogP contribution in [0.4, 0.5) is 4.39 Å². The topological polar surface area (TPSA) is 43.8 Å². The van der Waals surface area contributed by atoms with Gasteiger partial charge in [-0.05, 0) is 42.7 Å². The Bertz CT molecular complexity index is 527. The number of hydrogen-bond acceptors (Lipinski definition) is 2. The van der Waals surface area contributed by atoms with Gasteiger partial charge in [0.25, 0.3) is 0 Å². The van der Waals surface area contributed by atoms with Crippen molar-refractivity contribution in [2.75, 3.05) is 0 Å². The van der Waals surface area contributed by atoms with Crippen LogP contribution in [0, 0.1) is 5.82 Å². The smallest absolute Gasteiger partial charge is 0.123 e. The molecular weight excluding hydrogens is 241 g/mol. The number of nitrogens with zero attached hydrogens (tertiary/aromatic N) is 2. The predicted molar refractivity (Wildman–Crippen MR) is 75.1 cm³/mol. The van der Waals surface area contributed by atoms with Crippen molar-refractivity contribution in [3.8, 4) is 11.3 Å². The minimum Gasteiger partial charge on any atom is -0.329 e. The van der Waals surface area contributed by atoms with E-state index in [-0.39, 0.29) is 11.4 Å². The van der Waals surface area contributed by atoms with Gasteiger partial charge in [0, 0.05) is 12.1 Å². The average Bonchev–Trinajstić information content (AvgIpc) is 2.87. The van der Waals surface area contributed by atoms with Crippen molar-refractivity contribution in [1.29, 1.82) is 0 Å². The lowest BCUT2D eigenvalue weighted by molar-refractivity contribution is 0.340. The van der Waals surface area contributed by atoms with Crippen LogP contribution < -0.4 is 5.73 Å². The van der Waals surface area contributed by atoms with Crippen molar-refractivity contribution in [1.82, 2.24) is 9.55 Å². The number of rotatable bonds is 5. The van der Waals surface area contributed by atoms with E-state index < -0.39 is 0 Å². The first-order valence-electron chi connectivity index (χ1n) is 6.63. The van der Waals surface area contributed by atoms with E-state index in [1.807, 2.05) is 4.57 Å². The molecule has 2 N–H and O–H groups in total. The summed E-state index contributed by atoms with van der Waals surface area (Å²) in [6, 6.07) is 6.45. The fourth-order valence-electron chi connectivity index (χ4n) is 2.12. The molecule has 0 atom stereocenters. The number of nitrogens with two attached hydrogens (primary N) is 1. The van der Waals surface area contributed by atoms with E-state index in [4.69, 9.17) is 5.73 Å². The van der Waals surface area contributed by atoms with Gasteiger partial charge in [-0.15, -0.1) is 0 Å². The number of aromatic nitrogens is 2. The molecule has 0 fully saturated rings. The molecule has 0 radical (unpaired) electrons. The van der Waals surface area contributed by atoms with E-state index in [2.05, 4.69) is 18.8 Å². The van der Waals surface area contributed by atoms with Crippen molar-refractivity contribution in [2.24, 2.45) is 5.73 Å². The van der Waals surface area contributed by atoms with Crippen LogP contribution in [-0.4, -0.2) is 15.1 Å². The fraction of sp³-hybridized carbons (Fsp3) is 0.400. The molecule has 0 amide bonds. The Kier molecular flexibility index (Phi) is 4.00. The molecule has 102 valence electrons. The minimum atomic E-state index is -0.231. The molecule has 0 unspecified atom stereocenters. The number of imidazole rings is 1. The second kappa shape index (κ2) is 5.53. The van der Waals surface area contributed by atoms with Gasteiger partial charge in [0.15, 0.2) is 0 Å². The molecule has 0 aliphatic carbocycles. The van der Waals surface area contributed by atoms with Gasteiger partial charge in [-0.2, -0.15) is 0 Å². The summed E-state index contributed by atoms with van der Waals surface area (Å²) in [7, 11) is 0. The van der Waals surface area contributed by atoms with Crippen molar-refractivity contribution in [3.63, 3.8) is 0 Å². The first-order chi connectivity index (χ1) is 9.08. The van der Waals surface area contributed by atoms with Gasteiger partial charge in [0.05, 0.1) is 18.2 Å². The summed E-state index contributed by atoms with van der Waals surface area (Å²) in [6.45, 7) is 4.91. The monoisotopic (exact) mass is 261 g/mol. The molecule has 0 saturated heterocycles. The summed E-state index contributed by atoms with van der Waals surface area (Å²) >= 11 is 0. The Balaban J connectivity index is 2.30. The Morgan fingerprint density at radius 1 is 1.21 bits per heavy atom. The molecule has 1 aromatic carbocycles. The summed E-state index contributed by atoms with van der Waals surface area (Å²) in [5, 5.41) is 0. The quantitative estimate of drug-likeness (QED) is 0.898. The zero-order valence-corrected chi connectivity index (χ0v) is 11.4. The molecular formula is C15H20FN3. The van der Waals surface area contributed by atoms with Gasteiger partial charge >= 0.3 is 0 Å². The Morgan fingerprint density at radius 2 is 1.84 bits per heavy atom. The molecule has 2 rings (SSSR count). The molecule has 4 heteroatoms. The van der Waals surface area contributed by atoms with Gasteiger partial charge in [0.1, 0.15) is 5.82 Å². The van der Waals surface area contributed by atoms with E-state index in [1.54, 1.807) is 24.7 Å². The first-order valence-corrected chi connectivity index (χ1v) is 6.63.